The largest absolute Gasteiger partial charge is 0.493 e. The van der Waals surface area contributed by atoms with Crippen LogP contribution in [0.4, 0.5) is 5.69 Å². The lowest BCUT2D eigenvalue weighted by Gasteiger charge is -2.25. The summed E-state index contributed by atoms with van der Waals surface area (Å²) in [5, 5.41) is 4.17. The number of hydrogen-bond acceptors (Lipinski definition) is 6. The van der Waals surface area contributed by atoms with Gasteiger partial charge in [0.25, 0.3) is 11.5 Å². The molecule has 0 fully saturated rings. The van der Waals surface area contributed by atoms with Gasteiger partial charge in [-0.3, -0.25) is 14.2 Å². The number of benzene rings is 4. The van der Waals surface area contributed by atoms with Gasteiger partial charge in [0.05, 0.1) is 29.0 Å². The minimum Gasteiger partial charge on any atom is -0.493 e. The molecular formula is C35H27Cl2N3O4S. The van der Waals surface area contributed by atoms with Crippen LogP contribution in [0.3, 0.4) is 0 Å². The number of aromatic nitrogens is 1. The molecule has 0 bridgehead atoms. The number of carbonyl (C=O) groups is 1. The minimum absolute atomic E-state index is 0.266. The van der Waals surface area contributed by atoms with E-state index in [1.807, 2.05) is 84.9 Å². The molecule has 10 heteroatoms. The molecule has 0 saturated carbocycles. The van der Waals surface area contributed by atoms with Crippen LogP contribution in [0.5, 0.6) is 11.5 Å². The van der Waals surface area contributed by atoms with E-state index in [-0.39, 0.29) is 11.5 Å². The van der Waals surface area contributed by atoms with E-state index in [1.165, 1.54) is 11.3 Å². The van der Waals surface area contributed by atoms with Crippen LogP contribution in [0.1, 0.15) is 29.7 Å². The first-order chi connectivity index (χ1) is 21.8. The maximum absolute atomic E-state index is 14.0. The van der Waals surface area contributed by atoms with E-state index in [9.17, 15) is 9.59 Å². The van der Waals surface area contributed by atoms with Gasteiger partial charge in [-0.25, -0.2) is 4.99 Å². The van der Waals surface area contributed by atoms with Gasteiger partial charge in [0, 0.05) is 15.7 Å². The third kappa shape index (κ3) is 6.59. The second kappa shape index (κ2) is 13.2. The Bertz CT molecular complexity index is 2090. The predicted octanol–water partition coefficient (Wildman–Crippen LogP) is 6.77. The van der Waals surface area contributed by atoms with Gasteiger partial charge in [0.1, 0.15) is 6.61 Å². The lowest BCUT2D eigenvalue weighted by Crippen LogP contribution is -2.40. The number of rotatable bonds is 8. The van der Waals surface area contributed by atoms with Crippen molar-refractivity contribution in [1.82, 2.24) is 4.57 Å². The van der Waals surface area contributed by atoms with E-state index >= 15 is 0 Å². The molecule has 1 amide bonds. The van der Waals surface area contributed by atoms with Crippen LogP contribution in [0.2, 0.25) is 10.0 Å². The van der Waals surface area contributed by atoms with Crippen molar-refractivity contribution in [1.29, 1.82) is 0 Å². The first kappa shape index (κ1) is 30.4. The summed E-state index contributed by atoms with van der Waals surface area (Å²) >= 11 is 13.4. The fourth-order valence-electron chi connectivity index (χ4n) is 5.08. The van der Waals surface area contributed by atoms with Crippen LogP contribution in [0.15, 0.2) is 118 Å². The van der Waals surface area contributed by atoms with Gasteiger partial charge in [-0.1, -0.05) is 83.1 Å². The smallest absolute Gasteiger partial charge is 0.271 e. The molecule has 1 N–H and O–H groups in total. The van der Waals surface area contributed by atoms with Crippen LogP contribution in [-0.4, -0.2) is 17.6 Å². The van der Waals surface area contributed by atoms with Crippen molar-refractivity contribution in [3.8, 4) is 11.5 Å². The Morgan fingerprint density at radius 2 is 1.64 bits per heavy atom. The summed E-state index contributed by atoms with van der Waals surface area (Å²) in [4.78, 5) is 33.0. The zero-order valence-electron chi connectivity index (χ0n) is 24.3. The Hall–Kier alpha value is -4.63. The van der Waals surface area contributed by atoms with Crippen molar-refractivity contribution in [2.75, 3.05) is 12.4 Å². The third-order valence-electron chi connectivity index (χ3n) is 7.28. The summed E-state index contributed by atoms with van der Waals surface area (Å²) in [5.74, 6) is 0.759. The Morgan fingerprint density at radius 3 is 2.33 bits per heavy atom. The van der Waals surface area contributed by atoms with Crippen molar-refractivity contribution in [3.05, 3.63) is 155 Å². The number of hydrogen-bond donors (Lipinski definition) is 1. The molecule has 7 nitrogen and oxygen atoms in total. The number of thiazole rings is 1. The predicted molar refractivity (Wildman–Crippen MR) is 179 cm³/mol. The second-order valence-electron chi connectivity index (χ2n) is 10.3. The number of allylic oxidation sites excluding steroid dienone is 1. The van der Waals surface area contributed by atoms with Gasteiger partial charge < -0.3 is 14.8 Å². The number of nitrogens with zero attached hydrogens (tertiary/aromatic N) is 2. The molecule has 4 aromatic carbocycles. The molecule has 1 aliphatic rings. The highest BCUT2D eigenvalue weighted by Gasteiger charge is 2.32. The molecule has 226 valence electrons. The van der Waals surface area contributed by atoms with Crippen LogP contribution in [0.25, 0.3) is 6.08 Å². The fraction of sp³-hybridized carbons (Fsp3) is 0.114. The maximum Gasteiger partial charge on any atom is 0.271 e. The molecule has 0 spiro atoms. The summed E-state index contributed by atoms with van der Waals surface area (Å²) in [5.41, 5.74) is 3.74. The molecule has 1 atom stereocenters. The number of anilines is 1. The number of carbonyl (C=O) groups excluding carboxylic acids is 1. The third-order valence-corrected chi connectivity index (χ3v) is 8.76. The Kier molecular flexibility index (Phi) is 8.89. The van der Waals surface area contributed by atoms with E-state index in [0.29, 0.717) is 54.4 Å². The van der Waals surface area contributed by atoms with Gasteiger partial charge in [-0.2, -0.15) is 0 Å². The average molecular weight is 657 g/mol. The van der Waals surface area contributed by atoms with E-state index in [4.69, 9.17) is 37.7 Å². The summed E-state index contributed by atoms with van der Waals surface area (Å²) in [6, 6.07) is 28.5. The molecule has 5 aromatic rings. The lowest BCUT2D eigenvalue weighted by molar-refractivity contribution is -0.113. The van der Waals surface area contributed by atoms with E-state index < -0.39 is 6.04 Å². The summed E-state index contributed by atoms with van der Waals surface area (Å²) in [7, 11) is 1.57. The van der Waals surface area contributed by atoms with Gasteiger partial charge >= 0.3 is 0 Å². The van der Waals surface area contributed by atoms with Gasteiger partial charge in [0.15, 0.2) is 16.3 Å². The van der Waals surface area contributed by atoms with Gasteiger partial charge in [-0.15, -0.1) is 0 Å². The number of halogens is 2. The van der Waals surface area contributed by atoms with E-state index in [0.717, 1.165) is 16.7 Å². The van der Waals surface area contributed by atoms with Crippen LogP contribution < -0.4 is 29.7 Å². The van der Waals surface area contributed by atoms with Crippen molar-refractivity contribution < 1.29 is 14.3 Å². The first-order valence-electron chi connectivity index (χ1n) is 14.0. The molecule has 45 heavy (non-hydrogen) atoms. The van der Waals surface area contributed by atoms with Gasteiger partial charge in [-0.05, 0) is 78.2 Å². The molecule has 1 aromatic heterocycles. The number of nitrogens with one attached hydrogen (secondary N) is 1. The van der Waals surface area contributed by atoms with Crippen molar-refractivity contribution in [2.24, 2.45) is 4.99 Å². The highest BCUT2D eigenvalue weighted by molar-refractivity contribution is 7.07. The normalized spacial score (nSPS) is 14.5. The second-order valence-corrected chi connectivity index (χ2v) is 12.2. The minimum atomic E-state index is -0.706. The SMILES string of the molecule is COc1cc(/C=c2\sc3n(c2=O)C(c2ccc(Cl)cc2)C(C(=O)Nc2ccccc2)=C(C)N=3)ccc1OCc1ccc(Cl)cc1. The molecule has 0 aliphatic carbocycles. The number of para-hydroxylation sites is 1. The topological polar surface area (TPSA) is 81.9 Å². The first-order valence-corrected chi connectivity index (χ1v) is 15.6. The highest BCUT2D eigenvalue weighted by atomic mass is 35.5. The van der Waals surface area contributed by atoms with E-state index in [2.05, 4.69) is 5.32 Å². The lowest BCUT2D eigenvalue weighted by atomic mass is 9.95. The molecule has 1 unspecified atom stereocenters. The van der Waals surface area contributed by atoms with Gasteiger partial charge in [0.2, 0.25) is 0 Å². The van der Waals surface area contributed by atoms with Crippen LogP contribution >= 0.6 is 34.5 Å². The van der Waals surface area contributed by atoms with Crippen LogP contribution in [0, 0.1) is 0 Å². The quantitative estimate of drug-likeness (QED) is 0.200. The molecule has 6 rings (SSSR count). The maximum atomic E-state index is 14.0. The van der Waals surface area contributed by atoms with Crippen molar-refractivity contribution in [3.63, 3.8) is 0 Å². The van der Waals surface area contributed by atoms with E-state index in [1.54, 1.807) is 36.8 Å². The number of methoxy groups -OCH3 is 1. The van der Waals surface area contributed by atoms with Crippen molar-refractivity contribution in [2.45, 2.75) is 19.6 Å². The molecule has 0 saturated heterocycles. The van der Waals surface area contributed by atoms with Crippen molar-refractivity contribution >= 4 is 52.2 Å². The monoisotopic (exact) mass is 655 g/mol. The van der Waals surface area contributed by atoms with Crippen LogP contribution in [-0.2, 0) is 11.4 Å². The molecule has 2 heterocycles. The number of ether oxygens (including phenoxy) is 2. The zero-order chi connectivity index (χ0) is 31.5. The summed E-state index contributed by atoms with van der Waals surface area (Å²) in [6.07, 6.45) is 1.79. The average Bonchev–Trinajstić information content (AvgIpc) is 3.34. The Labute approximate surface area is 273 Å². The molecule has 0 radical (unpaired) electrons. The number of amides is 1. The molecular weight excluding hydrogens is 629 g/mol. The fourth-order valence-corrected chi connectivity index (χ4v) is 6.38. The Morgan fingerprint density at radius 1 is 0.956 bits per heavy atom. The molecule has 1 aliphatic heterocycles. The standard InChI is InChI=1S/C35H27Cl2N3O4S/c1-21-31(33(41)39-27-6-4-3-5-7-27)32(24-11-15-26(37)16-12-24)40-34(42)30(45-35(40)38-21)19-23-10-17-28(29(18-23)43-2)44-20-22-8-13-25(36)14-9-22/h3-19,32H,20H2,1-2H3,(H,39,41)/b30-19-. The summed E-state index contributed by atoms with van der Waals surface area (Å²) in [6.45, 7) is 2.13. The summed E-state index contributed by atoms with van der Waals surface area (Å²) < 4.78 is 13.6. The Balaban J connectivity index is 1.37. The number of fused-ring (bicyclic) bond motifs is 1. The zero-order valence-corrected chi connectivity index (χ0v) is 26.6. The highest BCUT2D eigenvalue weighted by Crippen LogP contribution is 2.32.